The van der Waals surface area contributed by atoms with Crippen molar-refractivity contribution in [1.29, 1.82) is 0 Å². The van der Waals surface area contributed by atoms with E-state index in [2.05, 4.69) is 9.97 Å². The molecule has 1 aromatic heterocycles. The van der Waals surface area contributed by atoms with Gasteiger partial charge in [-0.25, -0.2) is 18.4 Å². The topological polar surface area (TPSA) is 80.2 Å². The van der Waals surface area contributed by atoms with Gasteiger partial charge in [-0.3, -0.25) is 0 Å². The van der Waals surface area contributed by atoms with E-state index in [0.29, 0.717) is 18.7 Å². The van der Waals surface area contributed by atoms with Crippen molar-refractivity contribution in [2.75, 3.05) is 6.26 Å². The molecule has 1 fully saturated rings. The monoisotopic (exact) mass is 270 g/mol. The second-order valence-electron chi connectivity index (χ2n) is 4.93. The summed E-state index contributed by atoms with van der Waals surface area (Å²) in [5.41, 5.74) is 0. The average molecular weight is 270 g/mol. The van der Waals surface area contributed by atoms with Crippen molar-refractivity contribution in [1.82, 2.24) is 9.97 Å². The second-order valence-corrected chi connectivity index (χ2v) is 7.26. The molecule has 0 aliphatic heterocycles. The number of hydrogen-bond acceptors (Lipinski definition) is 5. The van der Waals surface area contributed by atoms with Gasteiger partial charge in [-0.2, -0.15) is 0 Å². The van der Waals surface area contributed by atoms with Gasteiger partial charge in [-0.1, -0.05) is 6.42 Å². The average Bonchev–Trinajstić information content (AvgIpc) is 2.38. The molecule has 1 aliphatic carbocycles. The largest absolute Gasteiger partial charge is 0.385 e. The van der Waals surface area contributed by atoms with E-state index >= 15 is 0 Å². The minimum absolute atomic E-state index is 0.0686. The molecule has 0 spiro atoms. The zero-order chi connectivity index (χ0) is 13.2. The van der Waals surface area contributed by atoms with Crippen LogP contribution < -0.4 is 0 Å². The molecule has 0 aromatic carbocycles. The molecule has 100 valence electrons. The third-order valence-electron chi connectivity index (χ3n) is 3.57. The number of aromatic nitrogens is 2. The molecule has 1 aliphatic rings. The Kier molecular flexibility index (Phi) is 3.97. The summed E-state index contributed by atoms with van der Waals surface area (Å²) < 4.78 is 23.2. The summed E-state index contributed by atoms with van der Waals surface area (Å²) in [7, 11) is -3.03. The van der Waals surface area contributed by atoms with Gasteiger partial charge >= 0.3 is 0 Å². The highest BCUT2D eigenvalue weighted by atomic mass is 32.2. The van der Waals surface area contributed by atoms with E-state index < -0.39 is 15.9 Å². The van der Waals surface area contributed by atoms with Gasteiger partial charge in [0.05, 0.1) is 5.25 Å². The van der Waals surface area contributed by atoms with Crippen molar-refractivity contribution < 1.29 is 13.5 Å². The highest BCUT2D eigenvalue weighted by Crippen LogP contribution is 2.35. The van der Waals surface area contributed by atoms with Gasteiger partial charge in [-0.05, 0) is 31.2 Å². The first-order chi connectivity index (χ1) is 8.48. The van der Waals surface area contributed by atoms with Crippen LogP contribution in [0.1, 0.15) is 37.6 Å². The van der Waals surface area contributed by atoms with Crippen LogP contribution in [0.2, 0.25) is 0 Å². The van der Waals surface area contributed by atoms with E-state index in [1.165, 1.54) is 6.26 Å². The predicted molar refractivity (Wildman–Crippen MR) is 67.6 cm³/mol. The van der Waals surface area contributed by atoms with Crippen molar-refractivity contribution in [3.05, 3.63) is 24.3 Å². The molecule has 1 aromatic rings. The Balaban J connectivity index is 2.10. The zero-order valence-electron chi connectivity index (χ0n) is 10.4. The summed E-state index contributed by atoms with van der Waals surface area (Å²) in [6.07, 6.45) is 6.51. The summed E-state index contributed by atoms with van der Waals surface area (Å²) in [6.45, 7) is 0. The highest BCUT2D eigenvalue weighted by molar-refractivity contribution is 7.91. The Bertz CT molecular complexity index is 489. The van der Waals surface area contributed by atoms with E-state index in [4.69, 9.17) is 0 Å². The number of sulfone groups is 1. The second kappa shape index (κ2) is 5.32. The summed E-state index contributed by atoms with van der Waals surface area (Å²) >= 11 is 0. The lowest BCUT2D eigenvalue weighted by Gasteiger charge is -2.30. The van der Waals surface area contributed by atoms with Gasteiger partial charge in [0.25, 0.3) is 0 Å². The standard InChI is InChI=1S/C12H18N2O3S/c1-18(16,17)10-5-2-4-9(8-10)11(15)12-13-6-3-7-14-12/h3,6-7,9-11,15H,2,4-5,8H2,1H3. The first-order valence-electron chi connectivity index (χ1n) is 6.12. The maximum Gasteiger partial charge on any atom is 0.157 e. The number of nitrogens with zero attached hydrogens (tertiary/aromatic N) is 2. The van der Waals surface area contributed by atoms with Crippen LogP contribution in [0, 0.1) is 5.92 Å². The van der Waals surface area contributed by atoms with Gasteiger partial charge in [0.15, 0.2) is 5.82 Å². The smallest absolute Gasteiger partial charge is 0.157 e. The SMILES string of the molecule is CS(=O)(=O)C1CCCC(C(O)c2ncccn2)C1. The number of aliphatic hydroxyl groups excluding tert-OH is 1. The lowest BCUT2D eigenvalue weighted by atomic mass is 9.84. The van der Waals surface area contributed by atoms with Crippen molar-refractivity contribution in [3.63, 3.8) is 0 Å². The summed E-state index contributed by atoms with van der Waals surface area (Å²) in [5.74, 6) is 0.317. The van der Waals surface area contributed by atoms with E-state index in [9.17, 15) is 13.5 Å². The number of hydrogen-bond donors (Lipinski definition) is 1. The van der Waals surface area contributed by atoms with Gasteiger partial charge < -0.3 is 5.11 Å². The third-order valence-corrected chi connectivity index (χ3v) is 5.21. The van der Waals surface area contributed by atoms with Crippen LogP contribution in [0.5, 0.6) is 0 Å². The van der Waals surface area contributed by atoms with Crippen LogP contribution in [-0.2, 0) is 9.84 Å². The fourth-order valence-corrected chi connectivity index (χ4v) is 3.72. The fourth-order valence-electron chi connectivity index (χ4n) is 2.53. The zero-order valence-corrected chi connectivity index (χ0v) is 11.2. The van der Waals surface area contributed by atoms with Gasteiger partial charge in [0.1, 0.15) is 15.9 Å². The van der Waals surface area contributed by atoms with Crippen LogP contribution in [-0.4, -0.2) is 35.0 Å². The maximum absolute atomic E-state index is 11.6. The summed E-state index contributed by atoms with van der Waals surface area (Å²) in [6, 6.07) is 1.69. The van der Waals surface area contributed by atoms with Crippen LogP contribution in [0.4, 0.5) is 0 Å². The molecular formula is C12H18N2O3S. The summed E-state index contributed by atoms with van der Waals surface area (Å²) in [5, 5.41) is 9.87. The molecule has 5 nitrogen and oxygen atoms in total. The molecular weight excluding hydrogens is 252 g/mol. The number of aliphatic hydroxyl groups is 1. The summed E-state index contributed by atoms with van der Waals surface area (Å²) in [4.78, 5) is 8.06. The molecule has 1 saturated carbocycles. The minimum atomic E-state index is -3.03. The van der Waals surface area contributed by atoms with Crippen LogP contribution in [0.15, 0.2) is 18.5 Å². The normalized spacial score (nSPS) is 26.8. The molecule has 0 bridgehead atoms. The quantitative estimate of drug-likeness (QED) is 0.890. The highest BCUT2D eigenvalue weighted by Gasteiger charge is 2.33. The van der Waals surface area contributed by atoms with Crippen LogP contribution in [0.3, 0.4) is 0 Å². The Hall–Kier alpha value is -1.01. The van der Waals surface area contributed by atoms with Crippen molar-refractivity contribution >= 4 is 9.84 Å². The lowest BCUT2D eigenvalue weighted by molar-refractivity contribution is 0.0779. The molecule has 2 rings (SSSR count). The van der Waals surface area contributed by atoms with Crippen LogP contribution in [0.25, 0.3) is 0 Å². The van der Waals surface area contributed by atoms with E-state index in [0.717, 1.165) is 12.8 Å². The molecule has 3 atom stereocenters. The van der Waals surface area contributed by atoms with Crippen molar-refractivity contribution in [2.45, 2.75) is 37.0 Å². The molecule has 0 saturated heterocycles. The molecule has 18 heavy (non-hydrogen) atoms. The van der Waals surface area contributed by atoms with E-state index in [1.807, 2.05) is 0 Å². The first-order valence-corrected chi connectivity index (χ1v) is 8.08. The molecule has 1 N–H and O–H groups in total. The fraction of sp³-hybridized carbons (Fsp3) is 0.667. The Morgan fingerprint density at radius 1 is 1.33 bits per heavy atom. The first kappa shape index (κ1) is 13.4. The van der Waals surface area contributed by atoms with Crippen molar-refractivity contribution in [3.8, 4) is 0 Å². The molecule has 0 radical (unpaired) electrons. The van der Waals surface area contributed by atoms with Gasteiger partial charge in [0, 0.05) is 18.6 Å². The Morgan fingerprint density at radius 2 is 2.00 bits per heavy atom. The molecule has 0 amide bonds. The molecule has 3 unspecified atom stereocenters. The number of rotatable bonds is 3. The third kappa shape index (κ3) is 3.05. The van der Waals surface area contributed by atoms with Gasteiger partial charge in [-0.15, -0.1) is 0 Å². The lowest BCUT2D eigenvalue weighted by Crippen LogP contribution is -2.30. The molecule has 6 heteroatoms. The Labute approximate surface area is 107 Å². The van der Waals surface area contributed by atoms with Crippen molar-refractivity contribution in [2.24, 2.45) is 5.92 Å². The van der Waals surface area contributed by atoms with E-state index in [-0.39, 0.29) is 11.2 Å². The van der Waals surface area contributed by atoms with E-state index in [1.54, 1.807) is 18.5 Å². The molecule has 1 heterocycles. The van der Waals surface area contributed by atoms with Gasteiger partial charge in [0.2, 0.25) is 0 Å². The predicted octanol–water partition coefficient (Wildman–Crippen LogP) is 1.11. The minimum Gasteiger partial charge on any atom is -0.385 e. The maximum atomic E-state index is 11.6. The van der Waals surface area contributed by atoms with Crippen LogP contribution >= 0.6 is 0 Å². The Morgan fingerprint density at radius 3 is 2.61 bits per heavy atom.